The molecule has 46 heavy (non-hydrogen) atoms. The lowest BCUT2D eigenvalue weighted by molar-refractivity contribution is 0.0404. The number of benzene rings is 2. The highest BCUT2D eigenvalue weighted by Gasteiger charge is 2.35. The van der Waals surface area contributed by atoms with E-state index in [1.165, 1.54) is 15.6 Å². The molecular weight excluding hydrogens is 612 g/mol. The SMILES string of the molecule is CCN(Cc1ccc(OC)cc1)c1nc(Nc2cc(C#N)cc(N3CCC(N(CC)C(=O)O)C(O)C3)c2Cl)nn2c(C#N)cnc12. The summed E-state index contributed by atoms with van der Waals surface area (Å²) in [7, 11) is 1.61. The van der Waals surface area contributed by atoms with Crippen LogP contribution in [0.1, 0.15) is 37.1 Å². The molecule has 0 spiro atoms. The molecule has 2 atom stereocenters. The van der Waals surface area contributed by atoms with Gasteiger partial charge in [0.1, 0.15) is 11.8 Å². The minimum Gasteiger partial charge on any atom is -0.497 e. The molecule has 15 heteroatoms. The second kappa shape index (κ2) is 13.8. The average Bonchev–Trinajstić information content (AvgIpc) is 3.48. The number of β-amino-alcohol motifs (C(OH)–C–C–N with tert-alkyl or cyclic N) is 1. The van der Waals surface area contributed by atoms with E-state index in [-0.39, 0.29) is 29.8 Å². The van der Waals surface area contributed by atoms with E-state index in [0.717, 1.165) is 11.3 Å². The monoisotopic (exact) mass is 644 g/mol. The zero-order chi connectivity index (χ0) is 33.0. The summed E-state index contributed by atoms with van der Waals surface area (Å²) in [6.45, 7) is 5.55. The number of nitrogens with zero attached hydrogens (tertiary/aromatic N) is 9. The molecule has 0 bridgehead atoms. The van der Waals surface area contributed by atoms with Gasteiger partial charge in [0, 0.05) is 32.7 Å². The molecule has 2 aromatic heterocycles. The number of imidazole rings is 1. The zero-order valence-corrected chi connectivity index (χ0v) is 26.3. The Kier molecular flexibility index (Phi) is 9.61. The van der Waals surface area contributed by atoms with Crippen LogP contribution in [0.15, 0.2) is 42.6 Å². The summed E-state index contributed by atoms with van der Waals surface area (Å²) < 4.78 is 6.69. The number of carboxylic acid groups (broad SMARTS) is 1. The molecule has 3 N–H and O–H groups in total. The highest BCUT2D eigenvalue weighted by atomic mass is 35.5. The molecule has 4 aromatic rings. The molecule has 1 aliphatic heterocycles. The van der Waals surface area contributed by atoms with Crippen LogP contribution in [0.2, 0.25) is 5.02 Å². The second-order valence-corrected chi connectivity index (χ2v) is 11.0. The lowest BCUT2D eigenvalue weighted by Gasteiger charge is -2.41. The third-order valence-electron chi connectivity index (χ3n) is 7.98. The van der Waals surface area contributed by atoms with Gasteiger partial charge in [0.15, 0.2) is 17.2 Å². The lowest BCUT2D eigenvalue weighted by atomic mass is 9.99. The Morgan fingerprint density at radius 1 is 1.20 bits per heavy atom. The standard InChI is InChI=1S/C31H33ClN10O4/c1-4-39(17-19-6-8-22(46-3)9-7-19)29-28-35-16-21(15-34)42(28)38-30(37-29)36-23-12-20(14-33)13-25(27(23)32)40-11-10-24(26(43)18-40)41(5-2)31(44)45/h6-9,12-13,16,24,26,43H,4-5,10-11,17-18H2,1-3H3,(H,36,38)(H,44,45). The molecule has 5 rings (SSSR count). The number of likely N-dealkylation sites (N-methyl/N-ethyl adjacent to an activating group) is 1. The highest BCUT2D eigenvalue weighted by molar-refractivity contribution is 6.36. The van der Waals surface area contributed by atoms with Crippen molar-refractivity contribution in [1.29, 1.82) is 10.5 Å². The maximum Gasteiger partial charge on any atom is 0.407 e. The quantitative estimate of drug-likeness (QED) is 0.224. The number of hydrogen-bond donors (Lipinski definition) is 3. The summed E-state index contributed by atoms with van der Waals surface area (Å²) >= 11 is 6.92. The van der Waals surface area contributed by atoms with Gasteiger partial charge in [-0.3, -0.25) is 0 Å². The first-order valence-electron chi connectivity index (χ1n) is 14.7. The van der Waals surface area contributed by atoms with E-state index < -0.39 is 18.2 Å². The van der Waals surface area contributed by atoms with Gasteiger partial charge in [0.25, 0.3) is 0 Å². The molecule has 238 valence electrons. The van der Waals surface area contributed by atoms with Crippen molar-refractivity contribution in [1.82, 2.24) is 24.5 Å². The van der Waals surface area contributed by atoms with Crippen LogP contribution in [0.4, 0.5) is 27.9 Å². The second-order valence-electron chi connectivity index (χ2n) is 10.6. The fraction of sp³-hybridized carbons (Fsp3) is 0.355. The lowest BCUT2D eigenvalue weighted by Crippen LogP contribution is -2.55. The zero-order valence-electron chi connectivity index (χ0n) is 25.6. The number of amides is 1. The molecule has 0 radical (unpaired) electrons. The molecule has 1 saturated heterocycles. The number of methoxy groups -OCH3 is 1. The van der Waals surface area contributed by atoms with Gasteiger partial charge in [-0.2, -0.15) is 20.0 Å². The minimum atomic E-state index is -1.09. The Morgan fingerprint density at radius 3 is 2.57 bits per heavy atom. The van der Waals surface area contributed by atoms with Crippen LogP contribution in [-0.2, 0) is 6.54 Å². The predicted molar refractivity (Wildman–Crippen MR) is 172 cm³/mol. The average molecular weight is 645 g/mol. The fourth-order valence-electron chi connectivity index (χ4n) is 5.62. The van der Waals surface area contributed by atoms with Crippen LogP contribution in [-0.4, -0.2) is 86.2 Å². The van der Waals surface area contributed by atoms with Crippen molar-refractivity contribution < 1.29 is 19.7 Å². The van der Waals surface area contributed by atoms with Crippen molar-refractivity contribution in [2.75, 3.05) is 48.4 Å². The Hall–Kier alpha value is -5.31. The maximum absolute atomic E-state index is 11.7. The summed E-state index contributed by atoms with van der Waals surface area (Å²) in [5, 5.41) is 48.0. The third-order valence-corrected chi connectivity index (χ3v) is 8.37. The number of aliphatic hydroxyl groups is 1. The van der Waals surface area contributed by atoms with Crippen LogP contribution in [0.3, 0.4) is 0 Å². The van der Waals surface area contributed by atoms with Crippen molar-refractivity contribution in [3.63, 3.8) is 0 Å². The fourth-order valence-corrected chi connectivity index (χ4v) is 5.90. The van der Waals surface area contributed by atoms with Crippen LogP contribution in [0.5, 0.6) is 5.75 Å². The number of anilines is 4. The number of rotatable bonds is 10. The van der Waals surface area contributed by atoms with E-state index in [1.54, 1.807) is 26.2 Å². The Labute approximate surface area is 270 Å². The van der Waals surface area contributed by atoms with Crippen LogP contribution >= 0.6 is 11.6 Å². The van der Waals surface area contributed by atoms with Gasteiger partial charge in [0.05, 0.1) is 53.5 Å². The van der Waals surface area contributed by atoms with E-state index in [4.69, 9.17) is 21.3 Å². The van der Waals surface area contributed by atoms with Gasteiger partial charge in [0.2, 0.25) is 5.95 Å². The first-order chi connectivity index (χ1) is 22.2. The number of nitrogens with one attached hydrogen (secondary N) is 1. The molecule has 14 nitrogen and oxygen atoms in total. The summed E-state index contributed by atoms with van der Waals surface area (Å²) in [4.78, 5) is 25.9. The van der Waals surface area contributed by atoms with Gasteiger partial charge in [-0.05, 0) is 50.1 Å². The van der Waals surface area contributed by atoms with E-state index >= 15 is 0 Å². The van der Waals surface area contributed by atoms with Crippen LogP contribution in [0.25, 0.3) is 5.65 Å². The molecule has 0 aliphatic carbocycles. The largest absolute Gasteiger partial charge is 0.497 e. The van der Waals surface area contributed by atoms with E-state index in [2.05, 4.69) is 27.5 Å². The number of hydrogen-bond acceptors (Lipinski definition) is 11. The van der Waals surface area contributed by atoms with E-state index in [1.807, 2.05) is 41.0 Å². The molecule has 1 fully saturated rings. The summed E-state index contributed by atoms with van der Waals surface area (Å²) in [6, 6.07) is 14.6. The third kappa shape index (κ3) is 6.40. The number of aliphatic hydroxyl groups excluding tert-OH is 1. The summed E-state index contributed by atoms with van der Waals surface area (Å²) in [6.07, 6.45) is -0.249. The Balaban J connectivity index is 1.49. The molecule has 2 aromatic carbocycles. The molecule has 2 unspecified atom stereocenters. The molecule has 0 saturated carbocycles. The van der Waals surface area contributed by atoms with Crippen molar-refractivity contribution in [3.8, 4) is 17.9 Å². The number of halogens is 1. The number of carbonyl (C=O) groups is 1. The van der Waals surface area contributed by atoms with Gasteiger partial charge in [-0.25, -0.2) is 9.78 Å². The summed E-state index contributed by atoms with van der Waals surface area (Å²) in [5.74, 6) is 1.34. The first kappa shape index (κ1) is 32.1. The highest BCUT2D eigenvalue weighted by Crippen LogP contribution is 2.38. The van der Waals surface area contributed by atoms with Gasteiger partial charge >= 0.3 is 6.09 Å². The van der Waals surface area contributed by atoms with Gasteiger partial charge in [-0.15, -0.1) is 5.10 Å². The van der Waals surface area contributed by atoms with Gasteiger partial charge < -0.3 is 35.0 Å². The van der Waals surface area contributed by atoms with Gasteiger partial charge in [-0.1, -0.05) is 23.7 Å². The smallest absolute Gasteiger partial charge is 0.407 e. The topological polar surface area (TPSA) is 179 Å². The van der Waals surface area contributed by atoms with Crippen molar-refractivity contribution in [2.45, 2.75) is 39.0 Å². The summed E-state index contributed by atoms with van der Waals surface area (Å²) in [5.41, 5.74) is 2.75. The number of fused-ring (bicyclic) bond motifs is 1. The van der Waals surface area contributed by atoms with E-state index in [0.29, 0.717) is 54.5 Å². The van der Waals surface area contributed by atoms with Crippen molar-refractivity contribution in [2.24, 2.45) is 0 Å². The Morgan fingerprint density at radius 2 is 1.96 bits per heavy atom. The maximum atomic E-state index is 11.7. The van der Waals surface area contributed by atoms with Crippen LogP contribution in [0, 0.1) is 22.7 Å². The number of aromatic nitrogens is 4. The number of ether oxygens (including phenoxy) is 1. The number of piperidine rings is 1. The number of nitriles is 2. The Bertz CT molecular complexity index is 1820. The van der Waals surface area contributed by atoms with Crippen molar-refractivity contribution in [3.05, 3.63) is 64.4 Å². The molecule has 3 heterocycles. The molecule has 1 amide bonds. The minimum absolute atomic E-state index is 0.118. The van der Waals surface area contributed by atoms with E-state index in [9.17, 15) is 25.5 Å². The first-order valence-corrected chi connectivity index (χ1v) is 15.1. The molecule has 1 aliphatic rings. The normalized spacial score (nSPS) is 16.0. The predicted octanol–water partition coefficient (Wildman–Crippen LogP) is 4.24. The van der Waals surface area contributed by atoms with Crippen LogP contribution < -0.4 is 19.9 Å². The van der Waals surface area contributed by atoms with Crippen molar-refractivity contribution >= 4 is 46.5 Å². The molecular formula is C31H33ClN10O4.